The van der Waals surface area contributed by atoms with Crippen molar-refractivity contribution in [1.82, 2.24) is 0 Å². The molecule has 27 heavy (non-hydrogen) atoms. The molecule has 2 N–H and O–H groups in total. The van der Waals surface area contributed by atoms with Crippen LogP contribution in [0.5, 0.6) is 0 Å². The Morgan fingerprint density at radius 1 is 0.815 bits per heavy atom. The predicted octanol–water partition coefficient (Wildman–Crippen LogP) is 3.59. The summed E-state index contributed by atoms with van der Waals surface area (Å²) in [6.07, 6.45) is 0. The van der Waals surface area contributed by atoms with Gasteiger partial charge >= 0.3 is 17.8 Å². The summed E-state index contributed by atoms with van der Waals surface area (Å²) >= 11 is 0. The number of amides is 2. The molecule has 2 amide bonds. The molecule has 0 saturated carbocycles. The van der Waals surface area contributed by atoms with E-state index in [1.54, 1.807) is 13.0 Å². The molecule has 3 rings (SSSR count). The fourth-order valence-corrected chi connectivity index (χ4v) is 2.61. The molecule has 6 nitrogen and oxygen atoms in total. The number of esters is 1. The number of ether oxygens (including phenoxy) is 1. The normalized spacial score (nSPS) is 10.3. The first kappa shape index (κ1) is 18.1. The third-order valence-electron chi connectivity index (χ3n) is 3.90. The second-order valence-electron chi connectivity index (χ2n) is 5.73. The summed E-state index contributed by atoms with van der Waals surface area (Å²) in [7, 11) is 0. The molecule has 0 aliphatic heterocycles. The lowest BCUT2D eigenvalue weighted by Gasteiger charge is -2.09. The van der Waals surface area contributed by atoms with Crippen molar-refractivity contribution in [3.63, 3.8) is 0 Å². The van der Waals surface area contributed by atoms with Gasteiger partial charge in [-0.2, -0.15) is 0 Å². The predicted molar refractivity (Wildman–Crippen MR) is 104 cm³/mol. The Bertz CT molecular complexity index is 991. The number of anilines is 2. The Morgan fingerprint density at radius 3 is 2.22 bits per heavy atom. The molecule has 0 fully saturated rings. The van der Waals surface area contributed by atoms with E-state index < -0.39 is 17.8 Å². The summed E-state index contributed by atoms with van der Waals surface area (Å²) in [6.45, 7) is 2.01. The summed E-state index contributed by atoms with van der Waals surface area (Å²) in [5.74, 6) is -2.02. The van der Waals surface area contributed by atoms with Gasteiger partial charge in [-0.3, -0.25) is 9.59 Å². The van der Waals surface area contributed by atoms with Crippen molar-refractivity contribution >= 4 is 39.9 Å². The summed E-state index contributed by atoms with van der Waals surface area (Å²) in [6, 6.07) is 19.2. The first-order valence-electron chi connectivity index (χ1n) is 8.46. The number of fused-ring (bicyclic) bond motifs is 1. The average Bonchev–Trinajstić information content (AvgIpc) is 2.69. The summed E-state index contributed by atoms with van der Waals surface area (Å²) in [5, 5.41) is 6.94. The maximum absolute atomic E-state index is 12.2. The molecule has 0 aliphatic carbocycles. The zero-order valence-electron chi connectivity index (χ0n) is 14.7. The van der Waals surface area contributed by atoms with E-state index in [0.717, 1.165) is 10.8 Å². The van der Waals surface area contributed by atoms with Crippen LogP contribution in [-0.2, 0) is 14.3 Å². The van der Waals surface area contributed by atoms with Crippen LogP contribution in [-0.4, -0.2) is 24.4 Å². The van der Waals surface area contributed by atoms with E-state index >= 15 is 0 Å². The standard InChI is InChI=1S/C21H18N2O4/c1-2-27-21(26)15-10-12-16(13-11-15)22-19(24)20(25)23-18-9-5-7-14-6-3-4-8-17(14)18/h3-13H,2H2,1H3,(H,22,24)(H,23,25). The van der Waals surface area contributed by atoms with Gasteiger partial charge in [0.25, 0.3) is 0 Å². The number of hydrogen-bond acceptors (Lipinski definition) is 4. The maximum Gasteiger partial charge on any atom is 0.338 e. The van der Waals surface area contributed by atoms with Crippen LogP contribution in [0.3, 0.4) is 0 Å². The first-order valence-corrected chi connectivity index (χ1v) is 8.46. The molecule has 0 heterocycles. The largest absolute Gasteiger partial charge is 0.462 e. The Hall–Kier alpha value is -3.67. The Labute approximate surface area is 156 Å². The van der Waals surface area contributed by atoms with E-state index in [-0.39, 0.29) is 6.61 Å². The van der Waals surface area contributed by atoms with Crippen LogP contribution in [0.1, 0.15) is 17.3 Å². The van der Waals surface area contributed by atoms with Crippen molar-refractivity contribution in [3.05, 3.63) is 72.3 Å². The lowest BCUT2D eigenvalue weighted by atomic mass is 10.1. The van der Waals surface area contributed by atoms with Crippen LogP contribution in [0.15, 0.2) is 66.7 Å². The van der Waals surface area contributed by atoms with Gasteiger partial charge in [0.1, 0.15) is 0 Å². The highest BCUT2D eigenvalue weighted by Gasteiger charge is 2.15. The molecular formula is C21H18N2O4. The number of carbonyl (C=O) groups excluding carboxylic acids is 3. The highest BCUT2D eigenvalue weighted by molar-refractivity contribution is 6.44. The van der Waals surface area contributed by atoms with Crippen LogP contribution >= 0.6 is 0 Å². The van der Waals surface area contributed by atoms with Gasteiger partial charge in [0.15, 0.2) is 0 Å². The number of hydrogen-bond donors (Lipinski definition) is 2. The van der Waals surface area contributed by atoms with Gasteiger partial charge < -0.3 is 15.4 Å². The van der Waals surface area contributed by atoms with Gasteiger partial charge in [-0.05, 0) is 42.6 Å². The zero-order chi connectivity index (χ0) is 19.2. The zero-order valence-corrected chi connectivity index (χ0v) is 14.7. The Kier molecular flexibility index (Phi) is 5.47. The molecule has 0 spiro atoms. The number of carbonyl (C=O) groups is 3. The van der Waals surface area contributed by atoms with E-state index in [1.807, 2.05) is 36.4 Å². The highest BCUT2D eigenvalue weighted by atomic mass is 16.5. The first-order chi connectivity index (χ1) is 13.1. The second kappa shape index (κ2) is 8.14. The molecule has 0 radical (unpaired) electrons. The second-order valence-corrected chi connectivity index (χ2v) is 5.73. The van der Waals surface area contributed by atoms with Crippen LogP contribution in [0.2, 0.25) is 0 Å². The quantitative estimate of drug-likeness (QED) is 0.549. The van der Waals surface area contributed by atoms with Crippen molar-refractivity contribution in [2.45, 2.75) is 6.92 Å². The lowest BCUT2D eigenvalue weighted by Crippen LogP contribution is -2.29. The van der Waals surface area contributed by atoms with E-state index in [2.05, 4.69) is 10.6 Å². The molecule has 0 bridgehead atoms. The molecular weight excluding hydrogens is 344 g/mol. The van der Waals surface area contributed by atoms with Gasteiger partial charge in [0.05, 0.1) is 12.2 Å². The Balaban J connectivity index is 1.67. The van der Waals surface area contributed by atoms with Gasteiger partial charge in [0, 0.05) is 16.8 Å². The maximum atomic E-state index is 12.2. The molecule has 0 aliphatic rings. The fraction of sp³-hybridized carbons (Fsp3) is 0.0952. The van der Waals surface area contributed by atoms with E-state index in [9.17, 15) is 14.4 Å². The van der Waals surface area contributed by atoms with Crippen LogP contribution in [0.4, 0.5) is 11.4 Å². The minimum atomic E-state index is -0.799. The van der Waals surface area contributed by atoms with Crippen molar-refractivity contribution in [3.8, 4) is 0 Å². The molecule has 0 unspecified atom stereocenters. The summed E-state index contributed by atoms with van der Waals surface area (Å²) in [4.78, 5) is 36.0. The molecule has 6 heteroatoms. The van der Waals surface area contributed by atoms with Crippen molar-refractivity contribution < 1.29 is 19.1 Å². The van der Waals surface area contributed by atoms with E-state index in [4.69, 9.17) is 4.74 Å². The van der Waals surface area contributed by atoms with Gasteiger partial charge in [-0.15, -0.1) is 0 Å². The number of rotatable bonds is 4. The molecule has 0 saturated heterocycles. The van der Waals surface area contributed by atoms with Crippen LogP contribution < -0.4 is 10.6 Å². The SMILES string of the molecule is CCOC(=O)c1ccc(NC(=O)C(=O)Nc2cccc3ccccc23)cc1. The highest BCUT2D eigenvalue weighted by Crippen LogP contribution is 2.23. The third-order valence-corrected chi connectivity index (χ3v) is 3.90. The smallest absolute Gasteiger partial charge is 0.338 e. The minimum Gasteiger partial charge on any atom is -0.462 e. The van der Waals surface area contributed by atoms with Crippen molar-refractivity contribution in [2.75, 3.05) is 17.2 Å². The molecule has 3 aromatic rings. The molecule has 0 atom stereocenters. The van der Waals surface area contributed by atoms with Crippen LogP contribution in [0.25, 0.3) is 10.8 Å². The van der Waals surface area contributed by atoms with E-state index in [1.165, 1.54) is 24.3 Å². The average molecular weight is 362 g/mol. The summed E-state index contributed by atoms with van der Waals surface area (Å²) in [5.41, 5.74) is 1.34. The van der Waals surface area contributed by atoms with Gasteiger partial charge in [-0.25, -0.2) is 4.79 Å². The monoisotopic (exact) mass is 362 g/mol. The molecule has 0 aromatic heterocycles. The topological polar surface area (TPSA) is 84.5 Å². The van der Waals surface area contributed by atoms with Gasteiger partial charge in [0.2, 0.25) is 0 Å². The number of nitrogens with one attached hydrogen (secondary N) is 2. The Morgan fingerprint density at radius 2 is 1.48 bits per heavy atom. The van der Waals surface area contributed by atoms with Crippen LogP contribution in [0, 0.1) is 0 Å². The molecule has 3 aromatic carbocycles. The molecule has 136 valence electrons. The number of benzene rings is 3. The van der Waals surface area contributed by atoms with Gasteiger partial charge in [-0.1, -0.05) is 36.4 Å². The third kappa shape index (κ3) is 4.30. The van der Waals surface area contributed by atoms with E-state index in [0.29, 0.717) is 16.9 Å². The minimum absolute atomic E-state index is 0.283. The van der Waals surface area contributed by atoms with Crippen molar-refractivity contribution in [2.24, 2.45) is 0 Å². The lowest BCUT2D eigenvalue weighted by molar-refractivity contribution is -0.132. The van der Waals surface area contributed by atoms with Crippen molar-refractivity contribution in [1.29, 1.82) is 0 Å². The summed E-state index contributed by atoms with van der Waals surface area (Å²) < 4.78 is 4.90. The fourth-order valence-electron chi connectivity index (χ4n) is 2.61.